The predicted octanol–water partition coefficient (Wildman–Crippen LogP) is 0.993. The molecule has 0 unspecified atom stereocenters. The van der Waals surface area contributed by atoms with Crippen molar-refractivity contribution in [2.24, 2.45) is 7.05 Å². The average Bonchev–Trinajstić information content (AvgIpc) is 2.91. The van der Waals surface area contributed by atoms with Gasteiger partial charge in [-0.25, -0.2) is 4.79 Å². The van der Waals surface area contributed by atoms with E-state index in [1.165, 1.54) is 0 Å². The maximum Gasteiger partial charge on any atom is 0.352 e. The molecule has 0 aromatic carbocycles. The number of amides is 1. The molecule has 2 aromatic rings. The molecule has 0 radical (unpaired) electrons. The number of hydrogen-bond acceptors (Lipinski definition) is 3. The van der Waals surface area contributed by atoms with Gasteiger partial charge in [-0.1, -0.05) is 0 Å². The Morgan fingerprint density at radius 1 is 1.45 bits per heavy atom. The minimum atomic E-state index is -1.07. The molecule has 0 aliphatic carbocycles. The monoisotopic (exact) mass is 276 g/mol. The second-order valence-electron chi connectivity index (χ2n) is 4.64. The van der Waals surface area contributed by atoms with E-state index in [2.05, 4.69) is 15.4 Å². The lowest BCUT2D eigenvalue weighted by Gasteiger charge is -2.04. The van der Waals surface area contributed by atoms with Crippen molar-refractivity contribution in [3.05, 3.63) is 40.5 Å². The SMILES string of the molecule is Cc1[nH]c(C(=O)O)c(C)c1C(=O)NCc1cnn(C)c1. The van der Waals surface area contributed by atoms with Gasteiger partial charge in [-0.15, -0.1) is 0 Å². The zero-order valence-electron chi connectivity index (χ0n) is 11.5. The Hall–Kier alpha value is -2.57. The van der Waals surface area contributed by atoms with Crippen LogP contribution in [0.3, 0.4) is 0 Å². The first-order chi connectivity index (χ1) is 9.40. The molecule has 2 aromatic heterocycles. The molecular formula is C13H16N4O3. The summed E-state index contributed by atoms with van der Waals surface area (Å²) < 4.78 is 1.65. The molecule has 2 heterocycles. The van der Waals surface area contributed by atoms with Crippen molar-refractivity contribution in [2.75, 3.05) is 0 Å². The van der Waals surface area contributed by atoms with Crippen LogP contribution in [0, 0.1) is 13.8 Å². The lowest BCUT2D eigenvalue weighted by molar-refractivity contribution is 0.0690. The van der Waals surface area contributed by atoms with Crippen molar-refractivity contribution in [2.45, 2.75) is 20.4 Å². The number of aromatic carboxylic acids is 1. The molecular weight excluding hydrogens is 260 g/mol. The van der Waals surface area contributed by atoms with E-state index in [1.54, 1.807) is 38.0 Å². The molecule has 0 aliphatic rings. The number of rotatable bonds is 4. The van der Waals surface area contributed by atoms with Gasteiger partial charge in [-0.3, -0.25) is 9.48 Å². The number of nitrogens with one attached hydrogen (secondary N) is 2. The summed E-state index contributed by atoms with van der Waals surface area (Å²) in [5, 5.41) is 15.8. The zero-order chi connectivity index (χ0) is 14.9. The van der Waals surface area contributed by atoms with Gasteiger partial charge in [0.1, 0.15) is 5.69 Å². The molecule has 2 rings (SSSR count). The molecule has 0 saturated carbocycles. The highest BCUT2D eigenvalue weighted by Gasteiger charge is 2.21. The maximum atomic E-state index is 12.2. The third-order valence-electron chi connectivity index (χ3n) is 3.09. The van der Waals surface area contributed by atoms with E-state index in [-0.39, 0.29) is 11.6 Å². The molecule has 20 heavy (non-hydrogen) atoms. The Morgan fingerprint density at radius 3 is 2.65 bits per heavy atom. The van der Waals surface area contributed by atoms with Gasteiger partial charge < -0.3 is 15.4 Å². The highest BCUT2D eigenvalue weighted by molar-refractivity contribution is 6.00. The molecule has 0 saturated heterocycles. The predicted molar refractivity (Wildman–Crippen MR) is 71.6 cm³/mol. The van der Waals surface area contributed by atoms with Crippen molar-refractivity contribution >= 4 is 11.9 Å². The summed E-state index contributed by atoms with van der Waals surface area (Å²) in [7, 11) is 1.80. The third-order valence-corrected chi connectivity index (χ3v) is 3.09. The Bertz CT molecular complexity index is 669. The number of nitrogens with zero attached hydrogens (tertiary/aromatic N) is 2. The molecule has 3 N–H and O–H groups in total. The van der Waals surface area contributed by atoms with Crippen LogP contribution in [0.25, 0.3) is 0 Å². The Balaban J connectivity index is 2.15. The van der Waals surface area contributed by atoms with Gasteiger partial charge >= 0.3 is 5.97 Å². The van der Waals surface area contributed by atoms with E-state index < -0.39 is 5.97 Å². The summed E-state index contributed by atoms with van der Waals surface area (Å²) in [6.07, 6.45) is 3.47. The summed E-state index contributed by atoms with van der Waals surface area (Å²) in [6, 6.07) is 0. The quantitative estimate of drug-likeness (QED) is 0.775. The zero-order valence-corrected chi connectivity index (χ0v) is 11.5. The maximum absolute atomic E-state index is 12.2. The number of carbonyl (C=O) groups excluding carboxylic acids is 1. The second-order valence-corrected chi connectivity index (χ2v) is 4.64. The fourth-order valence-electron chi connectivity index (χ4n) is 2.14. The van der Waals surface area contributed by atoms with E-state index in [0.717, 1.165) is 5.56 Å². The standard InChI is InChI=1S/C13H16N4O3/c1-7-10(8(2)16-11(7)13(19)20)12(18)14-4-9-5-15-17(3)6-9/h5-6,16H,4H2,1-3H3,(H,14,18)(H,19,20). The normalized spacial score (nSPS) is 10.6. The van der Waals surface area contributed by atoms with Crippen LogP contribution in [0.4, 0.5) is 0 Å². The summed E-state index contributed by atoms with van der Waals surface area (Å²) in [5.41, 5.74) is 2.30. The highest BCUT2D eigenvalue weighted by atomic mass is 16.4. The number of aromatic amines is 1. The first-order valence-corrected chi connectivity index (χ1v) is 6.08. The number of carboxylic acid groups (broad SMARTS) is 1. The topological polar surface area (TPSA) is 100 Å². The van der Waals surface area contributed by atoms with Gasteiger partial charge in [0.05, 0.1) is 11.8 Å². The fourth-order valence-corrected chi connectivity index (χ4v) is 2.14. The fraction of sp³-hybridized carbons (Fsp3) is 0.308. The molecule has 7 heteroatoms. The van der Waals surface area contributed by atoms with Crippen LogP contribution in [0.1, 0.15) is 37.7 Å². The Labute approximate surface area is 115 Å². The summed E-state index contributed by atoms with van der Waals surface area (Å²) in [4.78, 5) is 25.9. The minimum Gasteiger partial charge on any atom is -0.477 e. The summed E-state index contributed by atoms with van der Waals surface area (Å²) in [5.74, 6) is -1.37. The van der Waals surface area contributed by atoms with Crippen LogP contribution in [0.5, 0.6) is 0 Å². The first kappa shape index (κ1) is 13.9. The minimum absolute atomic E-state index is 0.0500. The molecule has 1 amide bonds. The molecule has 0 fully saturated rings. The van der Waals surface area contributed by atoms with E-state index >= 15 is 0 Å². The third kappa shape index (κ3) is 2.56. The summed E-state index contributed by atoms with van der Waals surface area (Å²) in [6.45, 7) is 3.64. The van der Waals surface area contributed by atoms with Crippen LogP contribution in [0.2, 0.25) is 0 Å². The highest BCUT2D eigenvalue weighted by Crippen LogP contribution is 2.17. The molecule has 106 valence electrons. The van der Waals surface area contributed by atoms with Crippen molar-refractivity contribution < 1.29 is 14.7 Å². The van der Waals surface area contributed by atoms with Crippen molar-refractivity contribution in [1.82, 2.24) is 20.1 Å². The molecule has 0 atom stereocenters. The van der Waals surface area contributed by atoms with E-state index in [1.807, 2.05) is 0 Å². The average molecular weight is 276 g/mol. The molecule has 0 spiro atoms. The van der Waals surface area contributed by atoms with Gasteiger partial charge in [0, 0.05) is 31.0 Å². The van der Waals surface area contributed by atoms with E-state index in [4.69, 9.17) is 5.11 Å². The van der Waals surface area contributed by atoms with Gasteiger partial charge in [0.15, 0.2) is 0 Å². The number of carboxylic acids is 1. The molecule has 7 nitrogen and oxygen atoms in total. The van der Waals surface area contributed by atoms with Gasteiger partial charge in [0.25, 0.3) is 5.91 Å². The number of H-pyrrole nitrogens is 1. The van der Waals surface area contributed by atoms with Crippen LogP contribution in [-0.4, -0.2) is 31.7 Å². The first-order valence-electron chi connectivity index (χ1n) is 6.08. The molecule has 0 aliphatic heterocycles. The summed E-state index contributed by atoms with van der Waals surface area (Å²) >= 11 is 0. The van der Waals surface area contributed by atoms with Crippen molar-refractivity contribution in [1.29, 1.82) is 0 Å². The van der Waals surface area contributed by atoms with Crippen molar-refractivity contribution in [3.8, 4) is 0 Å². The lowest BCUT2D eigenvalue weighted by atomic mass is 10.1. The van der Waals surface area contributed by atoms with Crippen LogP contribution in [0.15, 0.2) is 12.4 Å². The molecule has 0 bridgehead atoms. The number of hydrogen-bond donors (Lipinski definition) is 3. The smallest absolute Gasteiger partial charge is 0.352 e. The van der Waals surface area contributed by atoms with E-state index in [0.29, 0.717) is 23.4 Å². The van der Waals surface area contributed by atoms with Gasteiger partial charge in [-0.2, -0.15) is 5.10 Å². The van der Waals surface area contributed by atoms with Crippen molar-refractivity contribution in [3.63, 3.8) is 0 Å². The number of aromatic nitrogens is 3. The van der Waals surface area contributed by atoms with Crippen LogP contribution < -0.4 is 5.32 Å². The second kappa shape index (κ2) is 5.20. The van der Waals surface area contributed by atoms with Crippen LogP contribution in [-0.2, 0) is 13.6 Å². The Morgan fingerprint density at radius 2 is 2.15 bits per heavy atom. The number of aryl methyl sites for hydroxylation is 2. The Kier molecular flexibility index (Phi) is 3.60. The largest absolute Gasteiger partial charge is 0.477 e. The van der Waals surface area contributed by atoms with Gasteiger partial charge in [0.2, 0.25) is 0 Å². The van der Waals surface area contributed by atoms with Crippen LogP contribution >= 0.6 is 0 Å². The van der Waals surface area contributed by atoms with Gasteiger partial charge in [-0.05, 0) is 19.4 Å². The van der Waals surface area contributed by atoms with E-state index in [9.17, 15) is 9.59 Å². The number of carbonyl (C=O) groups is 2. The lowest BCUT2D eigenvalue weighted by Crippen LogP contribution is -2.23.